The van der Waals surface area contributed by atoms with Crippen molar-refractivity contribution in [3.05, 3.63) is 0 Å². The molecule has 0 spiro atoms. The molecule has 1 heterocycles. The maximum absolute atomic E-state index is 10.6. The first-order valence-electron chi connectivity index (χ1n) is 3.32. The summed E-state index contributed by atoms with van der Waals surface area (Å²) in [5, 5.41) is 8.21. The summed E-state index contributed by atoms with van der Waals surface area (Å²) in [6.07, 6.45) is 0.543. The third-order valence-corrected chi connectivity index (χ3v) is 2.09. The number of carbonyl (C=O) groups excluding carboxylic acids is 1. The van der Waals surface area contributed by atoms with E-state index in [0.717, 1.165) is 0 Å². The Morgan fingerprint density at radius 2 is 2.18 bits per heavy atom. The van der Waals surface area contributed by atoms with Crippen LogP contribution in [0.4, 0.5) is 4.79 Å². The lowest BCUT2D eigenvalue weighted by Crippen LogP contribution is -2.25. The Balaban J connectivity index is 2.47. The number of carbonyl (C=O) groups is 2. The number of likely N-dealkylation sites (tertiary alicyclic amines) is 1. The van der Waals surface area contributed by atoms with Crippen molar-refractivity contribution in [3.63, 3.8) is 0 Å². The molecule has 0 saturated carbocycles. The van der Waals surface area contributed by atoms with Gasteiger partial charge in [0.25, 0.3) is 5.24 Å². The molecule has 4 nitrogen and oxygen atoms in total. The van der Waals surface area contributed by atoms with Crippen molar-refractivity contribution in [1.82, 2.24) is 4.90 Å². The molecule has 0 bridgehead atoms. The van der Waals surface area contributed by atoms with Crippen molar-refractivity contribution in [2.24, 2.45) is 5.92 Å². The maximum Gasteiger partial charge on any atom is 0.308 e. The van der Waals surface area contributed by atoms with Gasteiger partial charge in [-0.15, -0.1) is 0 Å². The fraction of sp³-hybridized carbons (Fsp3) is 0.667. The van der Waals surface area contributed by atoms with Crippen LogP contribution < -0.4 is 0 Å². The lowest BCUT2D eigenvalue weighted by molar-refractivity contribution is -0.141. The number of hydrogen-bond donors (Lipinski definition) is 2. The van der Waals surface area contributed by atoms with Gasteiger partial charge in [0.2, 0.25) is 0 Å². The summed E-state index contributed by atoms with van der Waals surface area (Å²) in [6.45, 7) is 0.816. The first-order chi connectivity index (χ1) is 5.11. The summed E-state index contributed by atoms with van der Waals surface area (Å²) >= 11 is 3.60. The Bertz CT molecular complexity index is 174. The highest BCUT2D eigenvalue weighted by molar-refractivity contribution is 7.96. The Morgan fingerprint density at radius 1 is 1.55 bits per heavy atom. The fourth-order valence-electron chi connectivity index (χ4n) is 1.14. The number of carboxylic acid groups (broad SMARTS) is 1. The molecule has 1 N–H and O–H groups in total. The molecular formula is C6H9NO3S. The van der Waals surface area contributed by atoms with Gasteiger partial charge in [0.1, 0.15) is 0 Å². The van der Waals surface area contributed by atoms with Crippen LogP contribution in [0.1, 0.15) is 6.42 Å². The van der Waals surface area contributed by atoms with E-state index in [1.165, 1.54) is 4.90 Å². The SMILES string of the molecule is O=C(O)C1CCN(C(=O)S)C1. The van der Waals surface area contributed by atoms with Crippen LogP contribution in [0.25, 0.3) is 0 Å². The molecule has 1 aliphatic rings. The summed E-state index contributed by atoms with van der Waals surface area (Å²) < 4.78 is 0. The topological polar surface area (TPSA) is 57.6 Å². The van der Waals surface area contributed by atoms with E-state index in [9.17, 15) is 9.59 Å². The number of carboxylic acids is 1. The summed E-state index contributed by atoms with van der Waals surface area (Å²) in [5.41, 5.74) is 0. The van der Waals surface area contributed by atoms with E-state index in [-0.39, 0.29) is 5.24 Å². The number of nitrogens with zero attached hydrogens (tertiary/aromatic N) is 1. The zero-order valence-electron chi connectivity index (χ0n) is 5.86. The zero-order chi connectivity index (χ0) is 8.43. The minimum Gasteiger partial charge on any atom is -0.481 e. The van der Waals surface area contributed by atoms with Gasteiger partial charge in [0.05, 0.1) is 5.92 Å². The van der Waals surface area contributed by atoms with Gasteiger partial charge in [-0.05, 0) is 6.42 Å². The minimum absolute atomic E-state index is 0.303. The van der Waals surface area contributed by atoms with Crippen LogP contribution in [0, 0.1) is 5.92 Å². The average molecular weight is 175 g/mol. The summed E-state index contributed by atoms with van der Waals surface area (Å²) in [4.78, 5) is 22.5. The van der Waals surface area contributed by atoms with Crippen molar-refractivity contribution >= 4 is 23.8 Å². The highest BCUT2D eigenvalue weighted by Crippen LogP contribution is 2.17. The van der Waals surface area contributed by atoms with Crippen LogP contribution in [0.2, 0.25) is 0 Å². The van der Waals surface area contributed by atoms with Gasteiger partial charge in [-0.25, -0.2) is 0 Å². The Kier molecular flexibility index (Phi) is 2.38. The van der Waals surface area contributed by atoms with Crippen molar-refractivity contribution in [3.8, 4) is 0 Å². The van der Waals surface area contributed by atoms with Crippen LogP contribution in [0.5, 0.6) is 0 Å². The van der Waals surface area contributed by atoms with Crippen LogP contribution in [-0.2, 0) is 4.79 Å². The average Bonchev–Trinajstić information content (AvgIpc) is 2.33. The molecule has 11 heavy (non-hydrogen) atoms. The monoisotopic (exact) mass is 175 g/mol. The molecule has 5 heteroatoms. The largest absolute Gasteiger partial charge is 0.481 e. The second-order valence-electron chi connectivity index (χ2n) is 2.55. The van der Waals surface area contributed by atoms with E-state index in [4.69, 9.17) is 5.11 Å². The van der Waals surface area contributed by atoms with E-state index in [2.05, 4.69) is 12.6 Å². The fourth-order valence-corrected chi connectivity index (χ4v) is 1.32. The highest BCUT2D eigenvalue weighted by atomic mass is 32.1. The number of thiol groups is 1. The number of aliphatic carboxylic acids is 1. The third-order valence-electron chi connectivity index (χ3n) is 1.81. The Morgan fingerprint density at radius 3 is 2.45 bits per heavy atom. The van der Waals surface area contributed by atoms with Gasteiger partial charge in [-0.3, -0.25) is 9.59 Å². The molecule has 1 saturated heterocycles. The molecular weight excluding hydrogens is 166 g/mol. The van der Waals surface area contributed by atoms with Crippen LogP contribution in [0.3, 0.4) is 0 Å². The van der Waals surface area contributed by atoms with Crippen molar-refractivity contribution in [2.75, 3.05) is 13.1 Å². The van der Waals surface area contributed by atoms with Crippen molar-refractivity contribution in [2.45, 2.75) is 6.42 Å². The van der Waals surface area contributed by atoms with Gasteiger partial charge in [-0.2, -0.15) is 0 Å². The van der Waals surface area contributed by atoms with Crippen LogP contribution in [-0.4, -0.2) is 34.3 Å². The van der Waals surface area contributed by atoms with Gasteiger partial charge in [-0.1, -0.05) is 12.6 Å². The summed E-state index contributed by atoms with van der Waals surface area (Å²) in [6, 6.07) is 0. The number of rotatable bonds is 1. The van der Waals surface area contributed by atoms with Gasteiger partial charge in [0, 0.05) is 13.1 Å². The molecule has 1 unspecified atom stereocenters. The van der Waals surface area contributed by atoms with Crippen LogP contribution in [0.15, 0.2) is 0 Å². The number of hydrogen-bond acceptors (Lipinski definition) is 2. The Hall–Kier alpha value is -0.710. The van der Waals surface area contributed by atoms with Crippen molar-refractivity contribution in [1.29, 1.82) is 0 Å². The molecule has 1 rings (SSSR count). The second kappa shape index (κ2) is 3.13. The highest BCUT2D eigenvalue weighted by Gasteiger charge is 2.29. The van der Waals surface area contributed by atoms with E-state index >= 15 is 0 Å². The summed E-state index contributed by atoms with van der Waals surface area (Å²) in [7, 11) is 0. The first kappa shape index (κ1) is 8.39. The zero-order valence-corrected chi connectivity index (χ0v) is 6.75. The molecule has 0 aromatic heterocycles. The molecule has 1 amide bonds. The van der Waals surface area contributed by atoms with Gasteiger partial charge >= 0.3 is 5.97 Å². The van der Waals surface area contributed by atoms with Gasteiger partial charge in [0.15, 0.2) is 0 Å². The minimum atomic E-state index is -0.831. The standard InChI is InChI=1S/C6H9NO3S/c8-5(9)4-1-2-7(3-4)6(10)11/h4H,1-3H2,(H,8,9)(H,10,11). The smallest absolute Gasteiger partial charge is 0.308 e. The molecule has 0 radical (unpaired) electrons. The normalized spacial score (nSPS) is 23.7. The molecule has 0 aromatic rings. The Labute approximate surface area is 69.6 Å². The summed E-state index contributed by atoms with van der Waals surface area (Å²) in [5.74, 6) is -1.23. The first-order valence-corrected chi connectivity index (χ1v) is 3.76. The molecule has 62 valence electrons. The second-order valence-corrected chi connectivity index (χ2v) is 2.94. The van der Waals surface area contributed by atoms with E-state index in [1.54, 1.807) is 0 Å². The van der Waals surface area contributed by atoms with Crippen LogP contribution >= 0.6 is 12.6 Å². The lowest BCUT2D eigenvalue weighted by Gasteiger charge is -2.10. The predicted molar refractivity (Wildman–Crippen MR) is 41.7 cm³/mol. The maximum atomic E-state index is 10.6. The quantitative estimate of drug-likeness (QED) is 0.569. The van der Waals surface area contributed by atoms with E-state index < -0.39 is 11.9 Å². The van der Waals surface area contributed by atoms with Crippen molar-refractivity contribution < 1.29 is 14.7 Å². The van der Waals surface area contributed by atoms with E-state index in [1.807, 2.05) is 0 Å². The molecule has 0 aliphatic carbocycles. The number of amides is 1. The lowest BCUT2D eigenvalue weighted by atomic mass is 10.1. The van der Waals surface area contributed by atoms with E-state index in [0.29, 0.717) is 19.5 Å². The molecule has 1 aliphatic heterocycles. The predicted octanol–water partition coefficient (Wildman–Crippen LogP) is 0.443. The molecule has 1 fully saturated rings. The molecule has 1 atom stereocenters. The molecule has 0 aromatic carbocycles. The van der Waals surface area contributed by atoms with Gasteiger partial charge < -0.3 is 10.0 Å². The third kappa shape index (κ3) is 1.86.